The monoisotopic (exact) mass is 871 g/mol. The Labute approximate surface area is 362 Å². The predicted molar refractivity (Wildman–Crippen MR) is 233 cm³/mol. The van der Waals surface area contributed by atoms with Crippen LogP contribution in [0, 0.1) is 23.5 Å². The van der Waals surface area contributed by atoms with Crippen LogP contribution in [-0.2, 0) is 9.59 Å². The summed E-state index contributed by atoms with van der Waals surface area (Å²) in [7, 11) is 0. The number of halogens is 4. The first-order valence-electron chi connectivity index (χ1n) is 21.3. The van der Waals surface area contributed by atoms with E-state index in [1.165, 1.54) is 12.4 Å². The summed E-state index contributed by atoms with van der Waals surface area (Å²) in [5.41, 5.74) is 2.73. The van der Waals surface area contributed by atoms with Crippen LogP contribution < -0.4 is 16.0 Å². The Morgan fingerprint density at radius 3 is 1.72 bits per heavy atom. The lowest BCUT2D eigenvalue weighted by atomic mass is 9.81. The second kappa shape index (κ2) is 19.2. The molecule has 6 aromatic rings. The average molecular weight is 873 g/mol. The zero-order valence-electron chi connectivity index (χ0n) is 33.9. The largest absolute Gasteiger partial charge is 0.364 e. The molecule has 3 fully saturated rings. The van der Waals surface area contributed by atoms with Gasteiger partial charge in [0.2, 0.25) is 5.91 Å². The fourth-order valence-electron chi connectivity index (χ4n) is 8.92. The summed E-state index contributed by atoms with van der Waals surface area (Å²) in [5, 5.41) is 12.3. The summed E-state index contributed by atoms with van der Waals surface area (Å²) < 4.78 is 29.2. The van der Waals surface area contributed by atoms with Gasteiger partial charge in [0.15, 0.2) is 34.9 Å². The molecule has 17 heteroatoms. The number of fused-ring (bicyclic) bond motifs is 2. The highest BCUT2D eigenvalue weighted by Crippen LogP contribution is 2.34. The van der Waals surface area contributed by atoms with Crippen LogP contribution in [0.5, 0.6) is 0 Å². The van der Waals surface area contributed by atoms with Gasteiger partial charge in [-0.15, -0.1) is 0 Å². The van der Waals surface area contributed by atoms with Crippen LogP contribution in [0.15, 0.2) is 49.3 Å². The number of H-pyrrole nitrogens is 2. The van der Waals surface area contributed by atoms with Crippen molar-refractivity contribution in [2.75, 3.05) is 10.6 Å². The van der Waals surface area contributed by atoms with Crippen molar-refractivity contribution in [2.45, 2.75) is 115 Å². The van der Waals surface area contributed by atoms with Crippen LogP contribution in [0.1, 0.15) is 96.8 Å². The number of hydrogen-bond acceptors (Lipinski definition) is 10. The fraction of sp³-hybridized carbons (Fsp3) is 0.455. The molecule has 3 saturated carbocycles. The molecule has 0 saturated heterocycles. The zero-order valence-corrected chi connectivity index (χ0v) is 35.4. The lowest BCUT2D eigenvalue weighted by Gasteiger charge is -2.34. The van der Waals surface area contributed by atoms with Crippen LogP contribution >= 0.6 is 23.2 Å². The molecule has 0 radical (unpaired) electrons. The van der Waals surface area contributed by atoms with Crippen molar-refractivity contribution in [1.82, 2.24) is 45.2 Å². The standard InChI is InChI=1S/C23H26ClFN6O.C21H23ClFN5O/c24-14-9-15-16(11-27-20(15)26-10-14)21-28-12-17(25)22(31-21)29-18-7-3-4-8-19(18)30-23(32)13-5-1-2-6-13;1-2-14(29)7-12-5-3-4-6-18(12)27-21-17(23)11-26-20(28-21)16-10-25-19-15(16)8-13(22)9-24-19/h9-13,18-19H,1-8H2,(H,26,27)(H,30,32)(H,28,29,31);8-12,18H,2-7H2,1H3,(H,24,25)(H,26,27,28)/t18?,19-;/m1./s1. The van der Waals surface area contributed by atoms with Gasteiger partial charge >= 0.3 is 0 Å². The summed E-state index contributed by atoms with van der Waals surface area (Å²) in [5.74, 6) is 0.753. The van der Waals surface area contributed by atoms with E-state index >= 15 is 0 Å². The van der Waals surface area contributed by atoms with Gasteiger partial charge in [0, 0.05) is 83.6 Å². The van der Waals surface area contributed by atoms with E-state index in [1.54, 1.807) is 36.9 Å². The topological polar surface area (TPSA) is 179 Å². The minimum Gasteiger partial charge on any atom is -0.364 e. The smallest absolute Gasteiger partial charge is 0.223 e. The van der Waals surface area contributed by atoms with Crippen LogP contribution in [0.3, 0.4) is 0 Å². The van der Waals surface area contributed by atoms with Crippen molar-refractivity contribution < 1.29 is 18.4 Å². The van der Waals surface area contributed by atoms with Gasteiger partial charge in [0.1, 0.15) is 17.1 Å². The molecule has 0 spiro atoms. The Hall–Kier alpha value is -5.28. The average Bonchev–Trinajstić information content (AvgIpc) is 4.05. The van der Waals surface area contributed by atoms with Gasteiger partial charge in [0.25, 0.3) is 0 Å². The summed E-state index contributed by atoms with van der Waals surface area (Å²) in [6.07, 6.45) is 22.0. The zero-order chi connectivity index (χ0) is 42.5. The van der Waals surface area contributed by atoms with Gasteiger partial charge in [-0.05, 0) is 56.6 Å². The minimum atomic E-state index is -0.517. The first kappa shape index (κ1) is 42.4. The Morgan fingerprint density at radius 1 is 0.672 bits per heavy atom. The molecule has 0 aliphatic heterocycles. The van der Waals surface area contributed by atoms with E-state index in [0.29, 0.717) is 57.0 Å². The summed E-state index contributed by atoms with van der Waals surface area (Å²) in [6.45, 7) is 1.88. The second-order valence-electron chi connectivity index (χ2n) is 16.3. The molecule has 4 atom stereocenters. The van der Waals surface area contributed by atoms with Crippen molar-refractivity contribution in [2.24, 2.45) is 11.8 Å². The van der Waals surface area contributed by atoms with Crippen molar-refractivity contribution >= 4 is 68.6 Å². The quantitative estimate of drug-likeness (QED) is 0.0841. The number of carbonyl (C=O) groups is 2. The molecular formula is C44H49Cl2F2N11O2. The molecule has 61 heavy (non-hydrogen) atoms. The molecular weight excluding hydrogens is 823 g/mol. The number of anilines is 2. The third-order valence-corrected chi connectivity index (χ3v) is 12.6. The number of hydrogen-bond donors (Lipinski definition) is 5. The normalized spacial score (nSPS) is 20.6. The molecule has 6 heterocycles. The molecule has 0 bridgehead atoms. The molecule has 6 aromatic heterocycles. The van der Waals surface area contributed by atoms with Gasteiger partial charge in [-0.1, -0.05) is 68.7 Å². The summed E-state index contributed by atoms with van der Waals surface area (Å²) >= 11 is 12.2. The molecule has 3 aliphatic carbocycles. The Kier molecular flexibility index (Phi) is 13.3. The number of rotatable bonds is 11. The Balaban J connectivity index is 0.000000169. The van der Waals surface area contributed by atoms with Gasteiger partial charge in [-0.3, -0.25) is 9.59 Å². The molecule has 13 nitrogen and oxygen atoms in total. The predicted octanol–water partition coefficient (Wildman–Crippen LogP) is 9.99. The molecule has 5 N–H and O–H groups in total. The van der Waals surface area contributed by atoms with E-state index in [0.717, 1.165) is 87.8 Å². The summed E-state index contributed by atoms with van der Waals surface area (Å²) in [4.78, 5) is 56.6. The van der Waals surface area contributed by atoms with Crippen LogP contribution in [0.2, 0.25) is 10.0 Å². The third kappa shape index (κ3) is 9.94. The van der Waals surface area contributed by atoms with Crippen molar-refractivity contribution in [3.63, 3.8) is 0 Å². The van der Waals surface area contributed by atoms with Gasteiger partial charge in [0.05, 0.1) is 22.4 Å². The third-order valence-electron chi connectivity index (χ3n) is 12.2. The molecule has 0 aromatic carbocycles. The van der Waals surface area contributed by atoms with E-state index in [9.17, 15) is 18.4 Å². The van der Waals surface area contributed by atoms with E-state index < -0.39 is 11.6 Å². The highest BCUT2D eigenvalue weighted by atomic mass is 35.5. The summed E-state index contributed by atoms with van der Waals surface area (Å²) in [6, 6.07) is 3.47. The molecule has 9 rings (SSSR count). The van der Waals surface area contributed by atoms with E-state index in [2.05, 4.69) is 55.8 Å². The maximum Gasteiger partial charge on any atom is 0.223 e. The first-order chi connectivity index (χ1) is 29.6. The first-order valence-corrected chi connectivity index (χ1v) is 22.0. The molecule has 320 valence electrons. The number of ketones is 1. The Bertz CT molecular complexity index is 2510. The number of aromatic nitrogens is 8. The maximum atomic E-state index is 14.7. The van der Waals surface area contributed by atoms with E-state index in [-0.39, 0.29) is 53.3 Å². The number of nitrogens with one attached hydrogen (secondary N) is 5. The van der Waals surface area contributed by atoms with Crippen molar-refractivity contribution in [3.05, 3.63) is 71.0 Å². The molecule has 1 amide bonds. The maximum absolute atomic E-state index is 14.7. The lowest BCUT2D eigenvalue weighted by Crippen LogP contribution is -2.50. The fourth-order valence-corrected chi connectivity index (χ4v) is 9.23. The van der Waals surface area contributed by atoms with Crippen molar-refractivity contribution in [1.29, 1.82) is 0 Å². The van der Waals surface area contributed by atoms with Gasteiger partial charge < -0.3 is 25.9 Å². The van der Waals surface area contributed by atoms with Gasteiger partial charge in [-0.2, -0.15) is 0 Å². The van der Waals surface area contributed by atoms with Crippen LogP contribution in [0.25, 0.3) is 44.8 Å². The molecule has 3 aliphatic rings. The van der Waals surface area contributed by atoms with E-state index in [1.807, 2.05) is 6.92 Å². The lowest BCUT2D eigenvalue weighted by molar-refractivity contribution is -0.125. The Morgan fingerprint density at radius 2 is 1.16 bits per heavy atom. The number of Topliss-reactive ketones (excluding diaryl/α,β-unsaturated/α-hetero) is 1. The SMILES string of the molecule is CCC(=O)CC1CCCCC1Nc1nc(-c2c[nH]c3ncc(Cl)cc23)ncc1F.O=C(N[C@@H]1CCCCC1Nc1nc(-c2c[nH]c3ncc(Cl)cc23)ncc1F)C1CCCC1. The van der Waals surface area contributed by atoms with Crippen molar-refractivity contribution in [3.8, 4) is 22.8 Å². The highest BCUT2D eigenvalue weighted by molar-refractivity contribution is 6.31. The number of amides is 1. The number of aromatic amines is 2. The van der Waals surface area contributed by atoms with Crippen LogP contribution in [-0.4, -0.2) is 69.7 Å². The van der Waals surface area contributed by atoms with Crippen LogP contribution in [0.4, 0.5) is 20.4 Å². The second-order valence-corrected chi connectivity index (χ2v) is 17.2. The highest BCUT2D eigenvalue weighted by Gasteiger charge is 2.32. The van der Waals surface area contributed by atoms with Gasteiger partial charge in [-0.25, -0.2) is 38.7 Å². The van der Waals surface area contributed by atoms with E-state index in [4.69, 9.17) is 23.2 Å². The number of nitrogens with zero attached hydrogens (tertiary/aromatic N) is 6. The number of pyridine rings is 2. The number of carbonyl (C=O) groups excluding carboxylic acids is 2. The molecule has 3 unspecified atom stereocenters. The minimum absolute atomic E-state index is 0.0237.